The van der Waals surface area contributed by atoms with Crippen LogP contribution in [-0.2, 0) is 0 Å². The van der Waals surface area contributed by atoms with E-state index in [0.717, 1.165) is 13.1 Å². The summed E-state index contributed by atoms with van der Waals surface area (Å²) >= 11 is 11.7. The molecule has 1 saturated heterocycles. The summed E-state index contributed by atoms with van der Waals surface area (Å²) in [5, 5.41) is 3.97. The zero-order valence-corrected chi connectivity index (χ0v) is 11.3. The molecule has 2 unspecified atom stereocenters. The van der Waals surface area contributed by atoms with E-state index < -0.39 is 0 Å². The van der Waals surface area contributed by atoms with Gasteiger partial charge in [-0.05, 0) is 19.9 Å². The van der Waals surface area contributed by atoms with Gasteiger partial charge in [0, 0.05) is 25.2 Å². The van der Waals surface area contributed by atoms with E-state index in [2.05, 4.69) is 10.3 Å². The van der Waals surface area contributed by atoms with E-state index in [-0.39, 0.29) is 18.0 Å². The maximum Gasteiger partial charge on any atom is 0.270 e. The van der Waals surface area contributed by atoms with Gasteiger partial charge in [-0.1, -0.05) is 23.2 Å². The maximum absolute atomic E-state index is 12.3. The average molecular weight is 276 g/mol. The lowest BCUT2D eigenvalue weighted by Crippen LogP contribution is -2.57. The molecule has 2 rings (SSSR count). The Bertz CT molecular complexity index is 403. The molecule has 1 aromatic heterocycles. The van der Waals surface area contributed by atoms with Gasteiger partial charge >= 0.3 is 0 Å². The smallest absolute Gasteiger partial charge is 0.270 e. The third-order valence-electron chi connectivity index (χ3n) is 3.02. The molecule has 1 aliphatic heterocycles. The standard InChI is InChI=1S/C11H15Cl2N3O/c1-6-4-14-5-7(2)16(6)11(17)9-3-8(12)10(13)15-9/h3,6-7,14-15H,4-5H2,1-2H3. The van der Waals surface area contributed by atoms with Crippen molar-refractivity contribution in [1.82, 2.24) is 15.2 Å². The van der Waals surface area contributed by atoms with Crippen LogP contribution in [0.5, 0.6) is 0 Å². The van der Waals surface area contributed by atoms with Crippen LogP contribution in [0.2, 0.25) is 10.2 Å². The summed E-state index contributed by atoms with van der Waals surface area (Å²) in [6.07, 6.45) is 0. The van der Waals surface area contributed by atoms with Gasteiger partial charge in [0.05, 0.1) is 5.02 Å². The van der Waals surface area contributed by atoms with Crippen molar-refractivity contribution >= 4 is 29.1 Å². The lowest BCUT2D eigenvalue weighted by Gasteiger charge is -2.39. The number of rotatable bonds is 1. The van der Waals surface area contributed by atoms with Crippen LogP contribution in [0.25, 0.3) is 0 Å². The maximum atomic E-state index is 12.3. The lowest BCUT2D eigenvalue weighted by atomic mass is 10.1. The topological polar surface area (TPSA) is 48.1 Å². The number of carbonyl (C=O) groups excluding carboxylic acids is 1. The summed E-state index contributed by atoms with van der Waals surface area (Å²) in [7, 11) is 0. The monoisotopic (exact) mass is 275 g/mol. The molecule has 1 aromatic rings. The van der Waals surface area contributed by atoms with E-state index in [1.807, 2.05) is 18.7 Å². The van der Waals surface area contributed by atoms with Crippen molar-refractivity contribution in [1.29, 1.82) is 0 Å². The largest absolute Gasteiger partial charge is 0.340 e. The summed E-state index contributed by atoms with van der Waals surface area (Å²) in [6, 6.07) is 1.90. The van der Waals surface area contributed by atoms with Gasteiger partial charge in [-0.25, -0.2) is 0 Å². The van der Waals surface area contributed by atoms with E-state index in [9.17, 15) is 4.79 Å². The highest BCUT2D eigenvalue weighted by Gasteiger charge is 2.30. The Labute approximate surface area is 110 Å². The van der Waals surface area contributed by atoms with Gasteiger partial charge in [0.15, 0.2) is 0 Å². The van der Waals surface area contributed by atoms with Gasteiger partial charge < -0.3 is 15.2 Å². The van der Waals surface area contributed by atoms with Gasteiger partial charge in [-0.3, -0.25) is 4.79 Å². The van der Waals surface area contributed by atoms with Gasteiger partial charge in [0.1, 0.15) is 10.8 Å². The Morgan fingerprint density at radius 3 is 2.41 bits per heavy atom. The zero-order valence-electron chi connectivity index (χ0n) is 9.76. The van der Waals surface area contributed by atoms with E-state index in [0.29, 0.717) is 15.9 Å². The van der Waals surface area contributed by atoms with Crippen LogP contribution in [0.1, 0.15) is 24.3 Å². The first-order chi connectivity index (χ1) is 8.00. The molecule has 4 nitrogen and oxygen atoms in total. The molecule has 17 heavy (non-hydrogen) atoms. The van der Waals surface area contributed by atoms with Crippen molar-refractivity contribution in [2.24, 2.45) is 0 Å². The van der Waals surface area contributed by atoms with Crippen LogP contribution >= 0.6 is 23.2 Å². The van der Waals surface area contributed by atoms with Crippen molar-refractivity contribution in [3.8, 4) is 0 Å². The summed E-state index contributed by atoms with van der Waals surface area (Å²) in [5.74, 6) is -0.0553. The van der Waals surface area contributed by atoms with Crippen LogP contribution in [0.3, 0.4) is 0 Å². The Kier molecular flexibility index (Phi) is 3.66. The van der Waals surface area contributed by atoms with Crippen LogP contribution in [0, 0.1) is 0 Å². The number of halogens is 2. The second-order valence-corrected chi connectivity index (χ2v) is 5.20. The van der Waals surface area contributed by atoms with Crippen LogP contribution in [0.15, 0.2) is 6.07 Å². The number of piperazine rings is 1. The molecule has 6 heteroatoms. The minimum Gasteiger partial charge on any atom is -0.340 e. The molecule has 1 amide bonds. The first-order valence-electron chi connectivity index (χ1n) is 5.58. The predicted octanol–water partition coefficient (Wildman–Crippen LogP) is 2.14. The Hall–Kier alpha value is -0.710. The van der Waals surface area contributed by atoms with Crippen molar-refractivity contribution in [2.75, 3.05) is 13.1 Å². The predicted molar refractivity (Wildman–Crippen MR) is 68.8 cm³/mol. The summed E-state index contributed by atoms with van der Waals surface area (Å²) < 4.78 is 0. The van der Waals surface area contributed by atoms with Gasteiger partial charge in [-0.2, -0.15) is 0 Å². The van der Waals surface area contributed by atoms with Crippen molar-refractivity contribution in [3.05, 3.63) is 21.9 Å². The van der Waals surface area contributed by atoms with Crippen molar-refractivity contribution in [3.63, 3.8) is 0 Å². The van der Waals surface area contributed by atoms with Gasteiger partial charge in [0.25, 0.3) is 5.91 Å². The number of carbonyl (C=O) groups is 1. The number of nitrogens with one attached hydrogen (secondary N) is 2. The number of aromatic nitrogens is 1. The minimum absolute atomic E-state index is 0.0553. The highest BCUT2D eigenvalue weighted by atomic mass is 35.5. The van der Waals surface area contributed by atoms with Gasteiger partial charge in [0.2, 0.25) is 0 Å². The molecule has 0 bridgehead atoms. The molecular weight excluding hydrogens is 261 g/mol. The van der Waals surface area contributed by atoms with E-state index in [1.54, 1.807) is 6.07 Å². The molecular formula is C11H15Cl2N3O. The molecule has 0 radical (unpaired) electrons. The number of hydrogen-bond acceptors (Lipinski definition) is 2. The van der Waals surface area contributed by atoms with E-state index in [1.165, 1.54) is 0 Å². The number of H-pyrrole nitrogens is 1. The molecule has 1 fully saturated rings. The third kappa shape index (κ3) is 2.44. The van der Waals surface area contributed by atoms with Crippen molar-refractivity contribution in [2.45, 2.75) is 25.9 Å². The fraction of sp³-hybridized carbons (Fsp3) is 0.545. The molecule has 0 saturated carbocycles. The van der Waals surface area contributed by atoms with Crippen LogP contribution in [-0.4, -0.2) is 41.0 Å². The summed E-state index contributed by atoms with van der Waals surface area (Å²) in [4.78, 5) is 17.0. The molecule has 2 N–H and O–H groups in total. The van der Waals surface area contributed by atoms with Gasteiger partial charge in [-0.15, -0.1) is 0 Å². The molecule has 94 valence electrons. The first-order valence-corrected chi connectivity index (χ1v) is 6.33. The Balaban J connectivity index is 2.23. The Morgan fingerprint density at radius 2 is 1.94 bits per heavy atom. The minimum atomic E-state index is -0.0553. The number of aromatic amines is 1. The first kappa shape index (κ1) is 12.7. The fourth-order valence-corrected chi connectivity index (χ4v) is 2.50. The fourth-order valence-electron chi connectivity index (χ4n) is 2.19. The molecule has 0 spiro atoms. The van der Waals surface area contributed by atoms with E-state index in [4.69, 9.17) is 23.2 Å². The van der Waals surface area contributed by atoms with Crippen molar-refractivity contribution < 1.29 is 4.79 Å². The quantitative estimate of drug-likeness (QED) is 0.825. The number of amides is 1. The van der Waals surface area contributed by atoms with Crippen LogP contribution < -0.4 is 5.32 Å². The second kappa shape index (κ2) is 4.88. The lowest BCUT2D eigenvalue weighted by molar-refractivity contribution is 0.0539. The normalized spacial score (nSPS) is 25.1. The highest BCUT2D eigenvalue weighted by Crippen LogP contribution is 2.24. The SMILES string of the molecule is CC1CNCC(C)N1C(=O)c1cc(Cl)c(Cl)[nH]1. The zero-order chi connectivity index (χ0) is 12.6. The van der Waals surface area contributed by atoms with Crippen LogP contribution in [0.4, 0.5) is 0 Å². The average Bonchev–Trinajstić information content (AvgIpc) is 2.59. The molecule has 2 heterocycles. The molecule has 0 aliphatic carbocycles. The summed E-state index contributed by atoms with van der Waals surface area (Å²) in [5.41, 5.74) is 0.445. The second-order valence-electron chi connectivity index (χ2n) is 4.41. The Morgan fingerprint density at radius 1 is 1.35 bits per heavy atom. The molecule has 2 atom stereocenters. The molecule has 0 aromatic carbocycles. The summed E-state index contributed by atoms with van der Waals surface area (Å²) in [6.45, 7) is 5.65. The number of nitrogens with zero attached hydrogens (tertiary/aromatic N) is 1. The third-order valence-corrected chi connectivity index (χ3v) is 3.71. The van der Waals surface area contributed by atoms with E-state index >= 15 is 0 Å². The number of hydrogen-bond donors (Lipinski definition) is 2. The molecule has 1 aliphatic rings. The highest BCUT2D eigenvalue weighted by molar-refractivity contribution is 6.41.